The van der Waals surface area contributed by atoms with E-state index in [1.165, 1.54) is 53.7 Å². The normalized spacial score (nSPS) is 23.9. The van der Waals surface area contributed by atoms with E-state index >= 15 is 0 Å². The number of fused-ring (bicyclic) bond motifs is 1. The number of anilines is 2. The molecule has 0 bridgehead atoms. The molecule has 5 nitrogen and oxygen atoms in total. The molecule has 170 valence electrons. The Morgan fingerprint density at radius 3 is 2.74 bits per heavy atom. The highest BCUT2D eigenvalue weighted by Gasteiger charge is 2.34. The molecule has 1 unspecified atom stereocenters. The summed E-state index contributed by atoms with van der Waals surface area (Å²) in [5.74, 6) is 2.25. The molecule has 1 fully saturated rings. The molecular weight excluding hydrogens is 382 g/mol. The lowest BCUT2D eigenvalue weighted by Gasteiger charge is -2.40. The molecule has 3 N–H and O–H groups in total. The van der Waals surface area contributed by atoms with E-state index in [-0.39, 0.29) is 0 Å². The molecule has 0 radical (unpaired) electrons. The number of hydrogen-bond donors (Lipinski definition) is 2. The Bertz CT molecular complexity index is 851. The summed E-state index contributed by atoms with van der Waals surface area (Å²) in [4.78, 5) is 12.1. The second-order valence-corrected chi connectivity index (χ2v) is 10.3. The zero-order valence-electron chi connectivity index (χ0n) is 20.3. The zero-order valence-corrected chi connectivity index (χ0v) is 20.3. The predicted octanol–water partition coefficient (Wildman–Crippen LogP) is 4.82. The van der Waals surface area contributed by atoms with Crippen LogP contribution in [0.5, 0.6) is 0 Å². The van der Waals surface area contributed by atoms with Gasteiger partial charge in [0, 0.05) is 6.54 Å². The van der Waals surface area contributed by atoms with Gasteiger partial charge in [0.15, 0.2) is 18.2 Å². The van der Waals surface area contributed by atoms with Crippen LogP contribution in [0.4, 0.5) is 17.3 Å². The summed E-state index contributed by atoms with van der Waals surface area (Å²) >= 11 is 0. The molecule has 1 aromatic rings. The third kappa shape index (κ3) is 5.76. The summed E-state index contributed by atoms with van der Waals surface area (Å²) < 4.78 is 0. The van der Waals surface area contributed by atoms with Crippen LogP contribution in [0, 0.1) is 11.3 Å². The predicted molar refractivity (Wildman–Crippen MR) is 131 cm³/mol. The Morgan fingerprint density at radius 1 is 1.26 bits per heavy atom. The van der Waals surface area contributed by atoms with E-state index < -0.39 is 0 Å². The maximum absolute atomic E-state index is 6.11. The van der Waals surface area contributed by atoms with Crippen LogP contribution in [-0.4, -0.2) is 30.2 Å². The lowest BCUT2D eigenvalue weighted by Crippen LogP contribution is -3.03. The first-order valence-electron chi connectivity index (χ1n) is 11.9. The quantitative estimate of drug-likeness (QED) is 0.588. The standard InChI is InChI=1S/C26H41N5/c1-19(12-13-22-21(3)11-8-15-26(22,4)5)9-7-10-20(2)14-16-31-18-30(6)25-23(31)24(27)28-17-29-25/h9,14,17,22H,3,7-8,10-13,15-16,18H2,1-2,4-6H3,(H2,27,28,29)/p+1/b19-9+,20-14+/t22-/m0/s1. The molecule has 3 rings (SSSR count). The fourth-order valence-electron chi connectivity index (χ4n) is 5.27. The van der Waals surface area contributed by atoms with E-state index in [2.05, 4.69) is 68.3 Å². The van der Waals surface area contributed by atoms with Gasteiger partial charge in [-0.1, -0.05) is 49.3 Å². The fraction of sp³-hybridized carbons (Fsp3) is 0.615. The average Bonchev–Trinajstić information content (AvgIpc) is 3.02. The number of nitrogens with two attached hydrogens (primary N) is 1. The first-order valence-corrected chi connectivity index (χ1v) is 11.9. The third-order valence-electron chi connectivity index (χ3n) is 7.27. The van der Waals surface area contributed by atoms with Crippen molar-refractivity contribution in [3.63, 3.8) is 0 Å². The molecule has 2 aliphatic rings. The minimum atomic E-state index is 0.410. The highest BCUT2D eigenvalue weighted by atomic mass is 15.4. The smallest absolute Gasteiger partial charge is 0.256 e. The summed E-state index contributed by atoms with van der Waals surface area (Å²) in [6, 6.07) is 0. The van der Waals surface area contributed by atoms with Gasteiger partial charge in [-0.3, -0.25) is 4.90 Å². The monoisotopic (exact) mass is 424 g/mol. The molecule has 31 heavy (non-hydrogen) atoms. The molecular formula is C26H42N5+. The van der Waals surface area contributed by atoms with Crippen molar-refractivity contribution in [1.29, 1.82) is 0 Å². The molecule has 0 spiro atoms. The van der Waals surface area contributed by atoms with Crippen LogP contribution in [0.1, 0.15) is 72.6 Å². The van der Waals surface area contributed by atoms with Crippen LogP contribution in [-0.2, 0) is 0 Å². The largest absolute Gasteiger partial charge is 0.382 e. The van der Waals surface area contributed by atoms with Gasteiger partial charge in [-0.2, -0.15) is 4.98 Å². The van der Waals surface area contributed by atoms with Crippen molar-refractivity contribution in [2.24, 2.45) is 11.3 Å². The van der Waals surface area contributed by atoms with Crippen molar-refractivity contribution in [2.75, 3.05) is 30.9 Å². The van der Waals surface area contributed by atoms with Crippen LogP contribution >= 0.6 is 0 Å². The minimum absolute atomic E-state index is 0.410. The number of hydrogen-bond acceptors (Lipinski definition) is 4. The Hall–Kier alpha value is -2.14. The van der Waals surface area contributed by atoms with E-state index in [9.17, 15) is 0 Å². The first kappa shape index (κ1) is 23.5. The Labute approximate surface area is 189 Å². The first-order chi connectivity index (χ1) is 14.7. The van der Waals surface area contributed by atoms with Gasteiger partial charge in [0.2, 0.25) is 0 Å². The molecule has 2 heterocycles. The molecule has 0 saturated heterocycles. The molecule has 0 aromatic carbocycles. The third-order valence-corrected chi connectivity index (χ3v) is 7.27. The lowest BCUT2D eigenvalue weighted by molar-refractivity contribution is -0.805. The Morgan fingerprint density at radius 2 is 2.00 bits per heavy atom. The average molecular weight is 425 g/mol. The number of nitrogens with one attached hydrogen (secondary N) is 1. The number of quaternary nitrogens is 1. The number of allylic oxidation sites excluding steroid dienone is 4. The van der Waals surface area contributed by atoms with Gasteiger partial charge in [0.25, 0.3) is 5.82 Å². The second kappa shape index (κ2) is 9.99. The topological polar surface area (TPSA) is 59.5 Å². The van der Waals surface area contributed by atoms with Crippen LogP contribution < -0.4 is 15.5 Å². The molecule has 2 atom stereocenters. The summed E-state index contributed by atoms with van der Waals surface area (Å²) in [6.45, 7) is 15.5. The summed E-state index contributed by atoms with van der Waals surface area (Å²) in [5.41, 5.74) is 11.9. The molecule has 1 aromatic heterocycles. The minimum Gasteiger partial charge on any atom is -0.382 e. The van der Waals surface area contributed by atoms with Gasteiger partial charge in [-0.15, -0.1) is 0 Å². The van der Waals surface area contributed by atoms with E-state index in [4.69, 9.17) is 5.73 Å². The Kier molecular flexibility index (Phi) is 7.58. The van der Waals surface area contributed by atoms with Crippen LogP contribution in [0.2, 0.25) is 0 Å². The van der Waals surface area contributed by atoms with Gasteiger partial charge in [-0.25, -0.2) is 4.98 Å². The zero-order chi connectivity index (χ0) is 22.6. The number of aromatic nitrogens is 2. The van der Waals surface area contributed by atoms with E-state index in [0.717, 1.165) is 37.6 Å². The summed E-state index contributed by atoms with van der Waals surface area (Å²) in [6.07, 6.45) is 14.8. The van der Waals surface area contributed by atoms with E-state index in [1.807, 2.05) is 0 Å². The van der Waals surface area contributed by atoms with Crippen molar-refractivity contribution in [1.82, 2.24) is 9.97 Å². The van der Waals surface area contributed by atoms with Crippen LogP contribution in [0.15, 0.2) is 41.8 Å². The SMILES string of the molecule is C=C1CCCC(C)(C)[C@H]1CC/C(C)=C/CC/C(C)=C/CN1C[NH+](C)c2ncnc(N)c21. The number of nitrogen functional groups attached to an aromatic ring is 1. The van der Waals surface area contributed by atoms with E-state index in [0.29, 0.717) is 17.2 Å². The summed E-state index contributed by atoms with van der Waals surface area (Å²) in [7, 11) is 2.12. The van der Waals surface area contributed by atoms with Crippen molar-refractivity contribution < 1.29 is 4.90 Å². The molecule has 1 saturated carbocycles. The highest BCUT2D eigenvalue weighted by Crippen LogP contribution is 2.45. The van der Waals surface area contributed by atoms with Crippen molar-refractivity contribution in [2.45, 2.75) is 72.6 Å². The number of nitrogens with zero attached hydrogens (tertiary/aromatic N) is 3. The molecule has 1 aliphatic carbocycles. The lowest BCUT2D eigenvalue weighted by atomic mass is 9.65. The number of rotatable bonds is 8. The molecule has 1 aliphatic heterocycles. The second-order valence-electron chi connectivity index (χ2n) is 10.3. The highest BCUT2D eigenvalue weighted by molar-refractivity contribution is 5.73. The van der Waals surface area contributed by atoms with Crippen molar-refractivity contribution >= 4 is 17.3 Å². The fourth-order valence-corrected chi connectivity index (χ4v) is 5.27. The van der Waals surface area contributed by atoms with E-state index in [1.54, 1.807) is 6.33 Å². The van der Waals surface area contributed by atoms with Gasteiger partial charge in [0.1, 0.15) is 6.33 Å². The maximum Gasteiger partial charge on any atom is 0.256 e. The van der Waals surface area contributed by atoms with Gasteiger partial charge in [0.05, 0.1) is 7.05 Å². The van der Waals surface area contributed by atoms with Crippen molar-refractivity contribution in [3.05, 3.63) is 41.8 Å². The molecule has 0 amide bonds. The maximum atomic E-state index is 6.11. The van der Waals surface area contributed by atoms with Gasteiger partial charge >= 0.3 is 0 Å². The Balaban J connectivity index is 1.46. The van der Waals surface area contributed by atoms with Gasteiger partial charge in [-0.05, 0) is 70.1 Å². The molecule has 5 heteroatoms. The van der Waals surface area contributed by atoms with Crippen molar-refractivity contribution in [3.8, 4) is 0 Å². The van der Waals surface area contributed by atoms with Gasteiger partial charge < -0.3 is 10.6 Å². The summed E-state index contributed by atoms with van der Waals surface area (Å²) in [5, 5.41) is 0. The van der Waals surface area contributed by atoms with Crippen LogP contribution in [0.25, 0.3) is 0 Å². The van der Waals surface area contributed by atoms with Crippen LogP contribution in [0.3, 0.4) is 0 Å².